The number of benzene rings is 1. The van der Waals surface area contributed by atoms with E-state index in [0.29, 0.717) is 6.54 Å². The predicted octanol–water partition coefficient (Wildman–Crippen LogP) is 2.43. The summed E-state index contributed by atoms with van der Waals surface area (Å²) in [5.74, 6) is 0. The lowest BCUT2D eigenvalue weighted by Gasteiger charge is -2.02. The van der Waals surface area contributed by atoms with E-state index in [0.717, 1.165) is 16.4 Å². The molecule has 0 radical (unpaired) electrons. The van der Waals surface area contributed by atoms with Crippen molar-refractivity contribution in [2.75, 3.05) is 6.54 Å². The molecule has 68 valence electrons. The maximum Gasteiger partial charge on any atom is 0.0468 e. The molecule has 0 spiro atoms. The molecule has 1 aromatic carbocycles. The summed E-state index contributed by atoms with van der Waals surface area (Å²) in [5.41, 5.74) is 8.01. The molecule has 0 bridgehead atoms. The van der Waals surface area contributed by atoms with Crippen molar-refractivity contribution in [3.63, 3.8) is 0 Å². The van der Waals surface area contributed by atoms with Gasteiger partial charge in [0, 0.05) is 21.6 Å². The van der Waals surface area contributed by atoms with Gasteiger partial charge in [-0.1, -0.05) is 15.9 Å². The summed E-state index contributed by atoms with van der Waals surface area (Å²) in [4.78, 5) is 3.19. The molecule has 0 aliphatic heterocycles. The highest BCUT2D eigenvalue weighted by molar-refractivity contribution is 9.10. The van der Waals surface area contributed by atoms with E-state index < -0.39 is 0 Å². The second-order valence-electron chi connectivity index (χ2n) is 3.04. The van der Waals surface area contributed by atoms with Gasteiger partial charge in [0.05, 0.1) is 0 Å². The lowest BCUT2D eigenvalue weighted by Crippen LogP contribution is -2.02. The van der Waals surface area contributed by atoms with E-state index in [4.69, 9.17) is 5.73 Å². The minimum absolute atomic E-state index is 0.691. The second-order valence-corrected chi connectivity index (χ2v) is 3.96. The average Bonchev–Trinajstić information content (AvgIpc) is 2.52. The van der Waals surface area contributed by atoms with Crippen LogP contribution in [0.4, 0.5) is 0 Å². The van der Waals surface area contributed by atoms with Gasteiger partial charge in [0.15, 0.2) is 0 Å². The molecule has 1 aromatic heterocycles. The molecule has 0 saturated carbocycles. The third kappa shape index (κ3) is 1.62. The maximum absolute atomic E-state index is 5.54. The normalized spacial score (nSPS) is 10.9. The lowest BCUT2D eigenvalue weighted by molar-refractivity contribution is 0.977. The minimum Gasteiger partial charge on any atom is -0.361 e. The van der Waals surface area contributed by atoms with Crippen molar-refractivity contribution >= 4 is 26.8 Å². The summed E-state index contributed by atoms with van der Waals surface area (Å²) in [6.45, 7) is 0.691. The molecule has 0 aliphatic rings. The zero-order chi connectivity index (χ0) is 9.26. The van der Waals surface area contributed by atoms with Gasteiger partial charge in [0.2, 0.25) is 0 Å². The molecule has 0 atom stereocenters. The predicted molar refractivity (Wildman–Crippen MR) is 58.8 cm³/mol. The first-order valence-electron chi connectivity index (χ1n) is 4.27. The van der Waals surface area contributed by atoms with Crippen molar-refractivity contribution in [1.82, 2.24) is 4.98 Å². The maximum atomic E-state index is 5.54. The molecule has 0 aliphatic carbocycles. The Morgan fingerprint density at radius 1 is 1.38 bits per heavy atom. The summed E-state index contributed by atoms with van der Waals surface area (Å²) in [7, 11) is 0. The zero-order valence-electron chi connectivity index (χ0n) is 7.18. The van der Waals surface area contributed by atoms with Gasteiger partial charge in [-0.25, -0.2) is 0 Å². The standard InChI is InChI=1S/C10H11BrN2/c11-8-5-7(1-3-12)9-2-4-13-10(9)6-8/h2,4-6,13H,1,3,12H2. The highest BCUT2D eigenvalue weighted by atomic mass is 79.9. The third-order valence-corrected chi connectivity index (χ3v) is 2.59. The Kier molecular flexibility index (Phi) is 2.38. The second kappa shape index (κ2) is 3.52. The number of hydrogen-bond donors (Lipinski definition) is 2. The number of nitrogens with two attached hydrogens (primary N) is 1. The molecule has 13 heavy (non-hydrogen) atoms. The fourth-order valence-corrected chi connectivity index (χ4v) is 2.07. The summed E-state index contributed by atoms with van der Waals surface area (Å²) >= 11 is 3.48. The Bertz CT molecular complexity index is 420. The molecule has 0 saturated heterocycles. The van der Waals surface area contributed by atoms with Gasteiger partial charge < -0.3 is 10.7 Å². The topological polar surface area (TPSA) is 41.8 Å². The lowest BCUT2D eigenvalue weighted by atomic mass is 10.1. The Labute approximate surface area is 85.3 Å². The van der Waals surface area contributed by atoms with E-state index in [9.17, 15) is 0 Å². The molecule has 3 heteroatoms. The largest absolute Gasteiger partial charge is 0.361 e. The molecular formula is C10H11BrN2. The Hall–Kier alpha value is -0.800. The van der Waals surface area contributed by atoms with Crippen LogP contribution in [-0.2, 0) is 6.42 Å². The van der Waals surface area contributed by atoms with Crippen LogP contribution in [0.5, 0.6) is 0 Å². The zero-order valence-corrected chi connectivity index (χ0v) is 8.76. The SMILES string of the molecule is NCCc1cc(Br)cc2[nH]ccc12. The van der Waals surface area contributed by atoms with Crippen molar-refractivity contribution in [3.05, 3.63) is 34.4 Å². The summed E-state index contributed by atoms with van der Waals surface area (Å²) in [5, 5.41) is 1.27. The van der Waals surface area contributed by atoms with Crippen molar-refractivity contribution in [2.24, 2.45) is 5.73 Å². The van der Waals surface area contributed by atoms with Crippen LogP contribution in [0.15, 0.2) is 28.9 Å². The molecule has 0 amide bonds. The number of hydrogen-bond acceptors (Lipinski definition) is 1. The number of aromatic amines is 1. The highest BCUT2D eigenvalue weighted by Gasteiger charge is 2.02. The van der Waals surface area contributed by atoms with Gasteiger partial charge in [0.25, 0.3) is 0 Å². The Morgan fingerprint density at radius 3 is 3.00 bits per heavy atom. The molecular weight excluding hydrogens is 228 g/mol. The van der Waals surface area contributed by atoms with E-state index >= 15 is 0 Å². The summed E-state index contributed by atoms with van der Waals surface area (Å²) < 4.78 is 1.10. The van der Waals surface area contributed by atoms with E-state index in [-0.39, 0.29) is 0 Å². The van der Waals surface area contributed by atoms with Gasteiger partial charge in [-0.2, -0.15) is 0 Å². The minimum atomic E-state index is 0.691. The van der Waals surface area contributed by atoms with Crippen LogP contribution in [-0.4, -0.2) is 11.5 Å². The van der Waals surface area contributed by atoms with E-state index in [1.807, 2.05) is 6.20 Å². The van der Waals surface area contributed by atoms with Crippen LogP contribution in [0.3, 0.4) is 0 Å². The van der Waals surface area contributed by atoms with E-state index in [2.05, 4.69) is 39.1 Å². The molecule has 2 aromatic rings. The first-order chi connectivity index (χ1) is 6.31. The van der Waals surface area contributed by atoms with Crippen LogP contribution in [0.2, 0.25) is 0 Å². The first-order valence-corrected chi connectivity index (χ1v) is 5.06. The molecule has 3 N–H and O–H groups in total. The van der Waals surface area contributed by atoms with Crippen molar-refractivity contribution in [3.8, 4) is 0 Å². The molecule has 2 rings (SSSR count). The van der Waals surface area contributed by atoms with Crippen molar-refractivity contribution in [2.45, 2.75) is 6.42 Å². The summed E-state index contributed by atoms with van der Waals surface area (Å²) in [6, 6.07) is 6.30. The van der Waals surface area contributed by atoms with Crippen molar-refractivity contribution < 1.29 is 0 Å². The first kappa shape index (κ1) is 8.78. The van der Waals surface area contributed by atoms with Gasteiger partial charge in [-0.15, -0.1) is 0 Å². The third-order valence-electron chi connectivity index (χ3n) is 2.13. The van der Waals surface area contributed by atoms with E-state index in [1.165, 1.54) is 10.9 Å². The molecule has 1 heterocycles. The van der Waals surface area contributed by atoms with Crippen LogP contribution >= 0.6 is 15.9 Å². The number of H-pyrrole nitrogens is 1. The highest BCUT2D eigenvalue weighted by Crippen LogP contribution is 2.23. The van der Waals surface area contributed by atoms with Gasteiger partial charge in [-0.05, 0) is 36.7 Å². The fraction of sp³-hybridized carbons (Fsp3) is 0.200. The molecule has 0 fully saturated rings. The monoisotopic (exact) mass is 238 g/mol. The quantitative estimate of drug-likeness (QED) is 0.830. The van der Waals surface area contributed by atoms with Gasteiger partial charge in [-0.3, -0.25) is 0 Å². The molecule has 0 unspecified atom stereocenters. The number of rotatable bonds is 2. The fourth-order valence-electron chi connectivity index (χ4n) is 1.57. The number of aromatic nitrogens is 1. The number of nitrogens with one attached hydrogen (secondary N) is 1. The van der Waals surface area contributed by atoms with Crippen LogP contribution in [0.1, 0.15) is 5.56 Å². The van der Waals surface area contributed by atoms with Crippen LogP contribution in [0, 0.1) is 0 Å². The van der Waals surface area contributed by atoms with Crippen LogP contribution < -0.4 is 5.73 Å². The van der Waals surface area contributed by atoms with Gasteiger partial charge >= 0.3 is 0 Å². The van der Waals surface area contributed by atoms with E-state index in [1.54, 1.807) is 0 Å². The number of fused-ring (bicyclic) bond motifs is 1. The smallest absolute Gasteiger partial charge is 0.0468 e. The number of halogens is 1. The average molecular weight is 239 g/mol. The Morgan fingerprint density at radius 2 is 2.23 bits per heavy atom. The van der Waals surface area contributed by atoms with Crippen LogP contribution in [0.25, 0.3) is 10.9 Å². The van der Waals surface area contributed by atoms with Gasteiger partial charge in [0.1, 0.15) is 0 Å². The molecule has 2 nitrogen and oxygen atoms in total. The van der Waals surface area contributed by atoms with Crippen molar-refractivity contribution in [1.29, 1.82) is 0 Å². The Balaban J connectivity index is 2.63. The summed E-state index contributed by atoms with van der Waals surface area (Å²) in [6.07, 6.45) is 2.88.